The first-order valence-electron chi connectivity index (χ1n) is 11.9. The standard InChI is InChI=1S/C27H28BrCl2N3O4S/c1-3-15-31-27(35)19(2)32(17-23-24(29)13-8-14-25(23)30)26(34)18-33(21-10-7-9-20(28)16-21)38(36,37)22-11-5-4-6-12-22/h4-14,16,19H,3,15,17-18H2,1-2H3,(H,31,35)/t19-/m1/s1. The summed E-state index contributed by atoms with van der Waals surface area (Å²) in [7, 11) is -4.14. The number of carbonyl (C=O) groups is 2. The van der Waals surface area contributed by atoms with Crippen LogP contribution in [-0.2, 0) is 26.2 Å². The summed E-state index contributed by atoms with van der Waals surface area (Å²) >= 11 is 16.1. The number of amides is 2. The van der Waals surface area contributed by atoms with E-state index in [2.05, 4.69) is 21.2 Å². The molecule has 1 atom stereocenters. The quantitative estimate of drug-likeness (QED) is 0.283. The fraction of sp³-hybridized carbons (Fsp3) is 0.259. The first-order chi connectivity index (χ1) is 18.1. The molecule has 0 aliphatic rings. The molecule has 0 bridgehead atoms. The molecule has 0 unspecified atom stereocenters. The first-order valence-corrected chi connectivity index (χ1v) is 14.9. The minimum atomic E-state index is -4.14. The molecule has 0 aliphatic carbocycles. The van der Waals surface area contributed by atoms with Crippen LogP contribution in [0.15, 0.2) is 82.2 Å². The molecule has 0 spiro atoms. The molecule has 1 N–H and O–H groups in total. The monoisotopic (exact) mass is 639 g/mol. The molecular formula is C27H28BrCl2N3O4S. The van der Waals surface area contributed by atoms with Crippen LogP contribution in [0.25, 0.3) is 0 Å². The molecule has 0 heterocycles. The Labute approximate surface area is 241 Å². The average molecular weight is 641 g/mol. The Kier molecular flexibility index (Phi) is 10.6. The van der Waals surface area contributed by atoms with Gasteiger partial charge in [-0.25, -0.2) is 8.42 Å². The molecular weight excluding hydrogens is 613 g/mol. The minimum absolute atomic E-state index is 0.0298. The highest BCUT2D eigenvalue weighted by Gasteiger charge is 2.33. The van der Waals surface area contributed by atoms with Crippen LogP contribution in [0.5, 0.6) is 0 Å². The highest BCUT2D eigenvalue weighted by atomic mass is 79.9. The number of rotatable bonds is 11. The van der Waals surface area contributed by atoms with Gasteiger partial charge in [-0.05, 0) is 55.8 Å². The molecule has 0 saturated carbocycles. The lowest BCUT2D eigenvalue weighted by Gasteiger charge is -2.32. The third-order valence-electron chi connectivity index (χ3n) is 5.81. The minimum Gasteiger partial charge on any atom is -0.354 e. The molecule has 38 heavy (non-hydrogen) atoms. The predicted octanol–water partition coefficient (Wildman–Crippen LogP) is 5.89. The fourth-order valence-corrected chi connectivity index (χ4v) is 6.04. The van der Waals surface area contributed by atoms with Gasteiger partial charge in [-0.1, -0.05) is 76.4 Å². The predicted molar refractivity (Wildman–Crippen MR) is 155 cm³/mol. The van der Waals surface area contributed by atoms with Gasteiger partial charge in [-0.2, -0.15) is 0 Å². The zero-order chi connectivity index (χ0) is 27.9. The lowest BCUT2D eigenvalue weighted by molar-refractivity contribution is -0.139. The van der Waals surface area contributed by atoms with E-state index in [1.165, 1.54) is 17.0 Å². The highest BCUT2D eigenvalue weighted by Crippen LogP contribution is 2.29. The molecule has 202 valence electrons. The second-order valence-electron chi connectivity index (χ2n) is 8.49. The molecule has 0 fully saturated rings. The Morgan fingerprint density at radius 2 is 1.61 bits per heavy atom. The third-order valence-corrected chi connectivity index (χ3v) is 8.80. The second kappa shape index (κ2) is 13.5. The molecule has 0 saturated heterocycles. The van der Waals surface area contributed by atoms with Gasteiger partial charge in [0.2, 0.25) is 11.8 Å². The molecule has 0 aliphatic heterocycles. The van der Waals surface area contributed by atoms with Gasteiger partial charge < -0.3 is 10.2 Å². The Morgan fingerprint density at radius 3 is 2.21 bits per heavy atom. The molecule has 7 nitrogen and oxygen atoms in total. The van der Waals surface area contributed by atoms with E-state index in [0.717, 1.165) is 4.31 Å². The number of nitrogens with one attached hydrogen (secondary N) is 1. The lowest BCUT2D eigenvalue weighted by Crippen LogP contribution is -2.51. The molecule has 3 rings (SSSR count). The van der Waals surface area contributed by atoms with Crippen molar-refractivity contribution in [1.29, 1.82) is 0 Å². The maximum Gasteiger partial charge on any atom is 0.264 e. The van der Waals surface area contributed by atoms with E-state index in [1.807, 2.05) is 6.92 Å². The van der Waals surface area contributed by atoms with Crippen molar-refractivity contribution in [3.05, 3.63) is 92.9 Å². The Morgan fingerprint density at radius 1 is 0.974 bits per heavy atom. The van der Waals surface area contributed by atoms with Crippen LogP contribution in [0.3, 0.4) is 0 Å². The van der Waals surface area contributed by atoms with E-state index in [1.54, 1.807) is 67.6 Å². The second-order valence-corrected chi connectivity index (χ2v) is 12.1. The van der Waals surface area contributed by atoms with Crippen molar-refractivity contribution in [2.24, 2.45) is 0 Å². The topological polar surface area (TPSA) is 86.8 Å². The van der Waals surface area contributed by atoms with Gasteiger partial charge in [-0.15, -0.1) is 0 Å². The van der Waals surface area contributed by atoms with Crippen LogP contribution in [0.4, 0.5) is 5.69 Å². The van der Waals surface area contributed by atoms with Crippen LogP contribution in [0, 0.1) is 0 Å². The Bertz CT molecular complexity index is 1370. The number of nitrogens with zero attached hydrogens (tertiary/aromatic N) is 2. The Hall–Kier alpha value is -2.59. The summed E-state index contributed by atoms with van der Waals surface area (Å²) in [5, 5.41) is 3.46. The summed E-state index contributed by atoms with van der Waals surface area (Å²) in [5.41, 5.74) is 0.745. The largest absolute Gasteiger partial charge is 0.354 e. The molecule has 0 aromatic heterocycles. The van der Waals surface area contributed by atoms with Crippen molar-refractivity contribution in [1.82, 2.24) is 10.2 Å². The van der Waals surface area contributed by atoms with Crippen LogP contribution >= 0.6 is 39.1 Å². The maximum atomic E-state index is 13.9. The van der Waals surface area contributed by atoms with Gasteiger partial charge >= 0.3 is 0 Å². The molecule has 0 radical (unpaired) electrons. The van der Waals surface area contributed by atoms with Crippen LogP contribution < -0.4 is 9.62 Å². The van der Waals surface area contributed by atoms with Crippen molar-refractivity contribution >= 4 is 66.7 Å². The van der Waals surface area contributed by atoms with Crippen molar-refractivity contribution in [2.75, 3.05) is 17.4 Å². The summed E-state index contributed by atoms with van der Waals surface area (Å²) in [4.78, 5) is 28.1. The zero-order valence-corrected chi connectivity index (χ0v) is 24.8. The number of hydrogen-bond donors (Lipinski definition) is 1. The lowest BCUT2D eigenvalue weighted by atomic mass is 10.1. The summed E-state index contributed by atoms with van der Waals surface area (Å²) in [6.07, 6.45) is 0.717. The summed E-state index contributed by atoms with van der Waals surface area (Å²) in [6, 6.07) is 18.5. The Balaban J connectivity index is 2.05. The van der Waals surface area contributed by atoms with E-state index >= 15 is 0 Å². The van der Waals surface area contributed by atoms with Crippen molar-refractivity contribution in [2.45, 2.75) is 37.8 Å². The molecule has 3 aromatic rings. The summed E-state index contributed by atoms with van der Waals surface area (Å²) in [6.45, 7) is 3.30. The smallest absolute Gasteiger partial charge is 0.264 e. The number of anilines is 1. The van der Waals surface area contributed by atoms with E-state index in [9.17, 15) is 18.0 Å². The van der Waals surface area contributed by atoms with Gasteiger partial charge in [0.1, 0.15) is 12.6 Å². The number of sulfonamides is 1. The maximum absolute atomic E-state index is 13.9. The summed E-state index contributed by atoms with van der Waals surface area (Å²) in [5.74, 6) is -0.970. The van der Waals surface area contributed by atoms with E-state index in [-0.39, 0.29) is 23.0 Å². The molecule has 3 aromatic carbocycles. The number of hydrogen-bond acceptors (Lipinski definition) is 4. The average Bonchev–Trinajstić information content (AvgIpc) is 2.90. The van der Waals surface area contributed by atoms with Crippen LogP contribution in [-0.4, -0.2) is 44.3 Å². The molecule has 11 heteroatoms. The number of benzene rings is 3. The van der Waals surface area contributed by atoms with Gasteiger partial charge in [0.25, 0.3) is 10.0 Å². The van der Waals surface area contributed by atoms with E-state index in [4.69, 9.17) is 23.2 Å². The normalized spacial score (nSPS) is 12.0. The van der Waals surface area contributed by atoms with Crippen LogP contribution in [0.2, 0.25) is 10.0 Å². The zero-order valence-electron chi connectivity index (χ0n) is 20.9. The van der Waals surface area contributed by atoms with Gasteiger partial charge in [0.15, 0.2) is 0 Å². The van der Waals surface area contributed by atoms with Gasteiger partial charge in [0, 0.05) is 33.2 Å². The third kappa shape index (κ3) is 7.28. The molecule has 2 amide bonds. The van der Waals surface area contributed by atoms with Crippen molar-refractivity contribution in [3.63, 3.8) is 0 Å². The van der Waals surface area contributed by atoms with Gasteiger partial charge in [-0.3, -0.25) is 13.9 Å². The van der Waals surface area contributed by atoms with Crippen LogP contribution in [0.1, 0.15) is 25.8 Å². The highest BCUT2D eigenvalue weighted by molar-refractivity contribution is 9.10. The SMILES string of the molecule is CCCNC(=O)[C@@H](C)N(Cc1c(Cl)cccc1Cl)C(=O)CN(c1cccc(Br)c1)S(=O)(=O)c1ccccc1. The summed E-state index contributed by atoms with van der Waals surface area (Å²) < 4.78 is 29.1. The van der Waals surface area contributed by atoms with Crippen molar-refractivity contribution in [3.8, 4) is 0 Å². The number of carbonyl (C=O) groups excluding carboxylic acids is 2. The number of halogens is 3. The van der Waals surface area contributed by atoms with E-state index < -0.39 is 28.5 Å². The van der Waals surface area contributed by atoms with Crippen molar-refractivity contribution < 1.29 is 18.0 Å². The first kappa shape index (κ1) is 30.0. The van der Waals surface area contributed by atoms with E-state index in [0.29, 0.717) is 33.0 Å². The fourth-order valence-electron chi connectivity index (χ4n) is 3.71. The van der Waals surface area contributed by atoms with Gasteiger partial charge in [0.05, 0.1) is 10.6 Å².